The third kappa shape index (κ3) is 1.09. The average Bonchev–Trinajstić information content (AvgIpc) is 1.64. The van der Waals surface area contributed by atoms with Gasteiger partial charge in [0.05, 0.1) is 6.20 Å². The first-order valence-electron chi connectivity index (χ1n) is 2.12. The topological polar surface area (TPSA) is 3.24 Å². The van der Waals surface area contributed by atoms with Gasteiger partial charge in [0.2, 0.25) is 0 Å². The molecule has 0 atom stereocenters. The molecule has 1 aliphatic heterocycles. The van der Waals surface area contributed by atoms with Gasteiger partial charge in [-0.3, -0.25) is 5.03 Å². The van der Waals surface area contributed by atoms with Crippen LogP contribution in [-0.4, -0.2) is 12.4 Å². The van der Waals surface area contributed by atoms with Crippen molar-refractivity contribution >= 4 is 7.41 Å². The average molecular weight is 114 g/mol. The molecule has 1 aliphatic rings. The summed E-state index contributed by atoms with van der Waals surface area (Å²) in [5, 5.41) is 0.162. The van der Waals surface area contributed by atoms with E-state index in [0.717, 1.165) is 13.6 Å². The van der Waals surface area contributed by atoms with Gasteiger partial charge in [0.15, 0.2) is 0 Å². The molecular formula is C4H3BF2N. The van der Waals surface area contributed by atoms with Crippen molar-refractivity contribution in [2.45, 2.75) is 0 Å². The SMILES string of the molecule is FC1=CN(F)[B]C=C1. The highest BCUT2D eigenvalue weighted by molar-refractivity contribution is 6.39. The molecule has 0 aliphatic carbocycles. The molecule has 4 heteroatoms. The molecule has 0 saturated heterocycles. The summed E-state index contributed by atoms with van der Waals surface area (Å²) in [5.74, 6) is 0.713. The van der Waals surface area contributed by atoms with Gasteiger partial charge in [0, 0.05) is 0 Å². The highest BCUT2D eigenvalue weighted by Gasteiger charge is 2.02. The second kappa shape index (κ2) is 1.98. The normalized spacial score (nSPS) is 17.8. The molecule has 1 heterocycles. The van der Waals surface area contributed by atoms with Crippen LogP contribution in [0.25, 0.3) is 0 Å². The summed E-state index contributed by atoms with van der Waals surface area (Å²) in [7, 11) is 1.11. The Bertz CT molecular complexity index is 143. The zero-order chi connectivity index (χ0) is 5.98. The van der Waals surface area contributed by atoms with Crippen molar-refractivity contribution < 1.29 is 8.87 Å². The molecule has 0 fully saturated rings. The van der Waals surface area contributed by atoms with Crippen molar-refractivity contribution in [2.75, 3.05) is 0 Å². The highest BCUT2D eigenvalue weighted by Crippen LogP contribution is 2.05. The van der Waals surface area contributed by atoms with E-state index in [1.165, 1.54) is 12.1 Å². The molecular weight excluding hydrogens is 111 g/mol. The standard InChI is InChI=1S/C4H3BF2N/c6-4-1-2-5-8(7)3-4/h1-3H. The quantitative estimate of drug-likeness (QED) is 0.337. The largest absolute Gasteiger partial charge is 0.322 e. The third-order valence-corrected chi connectivity index (χ3v) is 0.731. The first-order valence-corrected chi connectivity index (χ1v) is 2.12. The van der Waals surface area contributed by atoms with E-state index in [2.05, 4.69) is 0 Å². The van der Waals surface area contributed by atoms with Crippen LogP contribution in [0.15, 0.2) is 24.1 Å². The maximum Gasteiger partial charge on any atom is 0.322 e. The van der Waals surface area contributed by atoms with Crippen LogP contribution in [0.3, 0.4) is 0 Å². The molecule has 1 rings (SSSR count). The smallest absolute Gasteiger partial charge is 0.264 e. The lowest BCUT2D eigenvalue weighted by Crippen LogP contribution is -2.12. The van der Waals surface area contributed by atoms with Crippen LogP contribution in [0, 0.1) is 0 Å². The van der Waals surface area contributed by atoms with Crippen LogP contribution >= 0.6 is 0 Å². The minimum Gasteiger partial charge on any atom is -0.264 e. The van der Waals surface area contributed by atoms with Crippen molar-refractivity contribution in [3.05, 3.63) is 24.1 Å². The summed E-state index contributed by atoms with van der Waals surface area (Å²) < 4.78 is 23.8. The van der Waals surface area contributed by atoms with Crippen molar-refractivity contribution in [1.29, 1.82) is 0 Å². The molecule has 0 amide bonds. The van der Waals surface area contributed by atoms with E-state index in [-0.39, 0.29) is 5.03 Å². The zero-order valence-electron chi connectivity index (χ0n) is 4.01. The van der Waals surface area contributed by atoms with Gasteiger partial charge >= 0.3 is 7.41 Å². The lowest BCUT2D eigenvalue weighted by Gasteiger charge is -2.05. The number of allylic oxidation sites excluding steroid dienone is 2. The number of hydrogen-bond acceptors (Lipinski definition) is 1. The molecule has 0 spiro atoms. The molecule has 0 saturated carbocycles. The molecule has 0 N–H and O–H groups in total. The number of rotatable bonds is 0. The minimum atomic E-state index is -0.574. The Labute approximate surface area is 46.5 Å². The summed E-state index contributed by atoms with van der Waals surface area (Å²) >= 11 is 0. The number of nitrogens with zero attached hydrogens (tertiary/aromatic N) is 1. The Kier molecular flexibility index (Phi) is 1.33. The van der Waals surface area contributed by atoms with Crippen molar-refractivity contribution in [2.24, 2.45) is 0 Å². The van der Waals surface area contributed by atoms with Crippen molar-refractivity contribution in [3.63, 3.8) is 0 Å². The lowest BCUT2D eigenvalue weighted by atomic mass is 9.92. The van der Waals surface area contributed by atoms with Crippen LogP contribution in [-0.2, 0) is 0 Å². The van der Waals surface area contributed by atoms with E-state index in [4.69, 9.17) is 0 Å². The molecule has 0 aromatic rings. The number of halogens is 2. The first kappa shape index (κ1) is 5.34. The van der Waals surface area contributed by atoms with Gasteiger partial charge in [-0.15, -0.1) is 4.48 Å². The fourth-order valence-corrected chi connectivity index (χ4v) is 0.421. The van der Waals surface area contributed by atoms with Gasteiger partial charge in [0.1, 0.15) is 5.83 Å². The molecule has 0 aromatic carbocycles. The third-order valence-electron chi connectivity index (χ3n) is 0.731. The van der Waals surface area contributed by atoms with Gasteiger partial charge in [-0.25, -0.2) is 4.39 Å². The van der Waals surface area contributed by atoms with Gasteiger partial charge in [0.25, 0.3) is 0 Å². The summed E-state index contributed by atoms with van der Waals surface area (Å²) in [6.07, 6.45) is 1.93. The monoisotopic (exact) mass is 114 g/mol. The van der Waals surface area contributed by atoms with Gasteiger partial charge in [-0.05, 0) is 6.08 Å². The predicted octanol–water partition coefficient (Wildman–Crippen LogP) is 1.13. The fourth-order valence-electron chi connectivity index (χ4n) is 0.421. The summed E-state index contributed by atoms with van der Waals surface area (Å²) in [6, 6.07) is 0. The lowest BCUT2D eigenvalue weighted by molar-refractivity contribution is 0.207. The van der Waals surface area contributed by atoms with Crippen LogP contribution in [0.5, 0.6) is 0 Å². The van der Waals surface area contributed by atoms with Crippen LogP contribution in [0.2, 0.25) is 0 Å². The number of hydrogen-bond donors (Lipinski definition) is 0. The predicted molar refractivity (Wildman–Crippen MR) is 27.0 cm³/mol. The van der Waals surface area contributed by atoms with Crippen molar-refractivity contribution in [1.82, 2.24) is 5.03 Å². The zero-order valence-corrected chi connectivity index (χ0v) is 4.01. The highest BCUT2D eigenvalue weighted by atomic mass is 19.2. The van der Waals surface area contributed by atoms with E-state index in [0.29, 0.717) is 0 Å². The molecule has 1 radical (unpaired) electrons. The van der Waals surface area contributed by atoms with E-state index in [9.17, 15) is 8.87 Å². The molecule has 0 bridgehead atoms. The van der Waals surface area contributed by atoms with E-state index in [1.807, 2.05) is 0 Å². The van der Waals surface area contributed by atoms with Gasteiger partial charge in [-0.2, -0.15) is 0 Å². The molecule has 0 unspecified atom stereocenters. The Hall–Kier alpha value is -0.795. The first-order chi connectivity index (χ1) is 3.79. The van der Waals surface area contributed by atoms with E-state index in [1.54, 1.807) is 0 Å². The summed E-state index contributed by atoms with van der Waals surface area (Å²) in [4.78, 5) is 0. The molecule has 1 nitrogen and oxygen atoms in total. The summed E-state index contributed by atoms with van der Waals surface area (Å²) in [6.45, 7) is 0. The minimum absolute atomic E-state index is 0.162. The molecule has 0 aromatic heterocycles. The van der Waals surface area contributed by atoms with Crippen LogP contribution in [0.4, 0.5) is 8.87 Å². The van der Waals surface area contributed by atoms with E-state index < -0.39 is 5.83 Å². The summed E-state index contributed by atoms with van der Waals surface area (Å²) in [5.41, 5.74) is 0. The second-order valence-corrected chi connectivity index (χ2v) is 1.37. The second-order valence-electron chi connectivity index (χ2n) is 1.37. The Morgan fingerprint density at radius 1 is 1.62 bits per heavy atom. The molecule has 8 heavy (non-hydrogen) atoms. The fraction of sp³-hybridized carbons (Fsp3) is 0. The van der Waals surface area contributed by atoms with Crippen LogP contribution < -0.4 is 0 Å². The van der Waals surface area contributed by atoms with Crippen molar-refractivity contribution in [3.8, 4) is 0 Å². The van der Waals surface area contributed by atoms with Crippen LogP contribution in [0.1, 0.15) is 0 Å². The molecule has 41 valence electrons. The maximum absolute atomic E-state index is 11.9. The van der Waals surface area contributed by atoms with E-state index >= 15 is 0 Å². The maximum atomic E-state index is 11.9. The Balaban J connectivity index is 2.63. The Morgan fingerprint density at radius 3 is 2.75 bits per heavy atom. The Morgan fingerprint density at radius 2 is 2.38 bits per heavy atom. The van der Waals surface area contributed by atoms with Gasteiger partial charge < -0.3 is 0 Å². The van der Waals surface area contributed by atoms with Gasteiger partial charge in [-0.1, -0.05) is 5.98 Å².